The molecule has 1 rings (SSSR count). The van der Waals surface area contributed by atoms with Gasteiger partial charge in [0.25, 0.3) is 0 Å². The van der Waals surface area contributed by atoms with Crippen LogP contribution in [-0.4, -0.2) is 19.1 Å². The molecule has 0 aliphatic rings. The molecule has 3 heteroatoms. The number of rotatable bonds is 6. The highest BCUT2D eigenvalue weighted by Crippen LogP contribution is 2.00. The minimum Gasteiger partial charge on any atom is -0.377 e. The van der Waals surface area contributed by atoms with E-state index in [-0.39, 0.29) is 5.91 Å². The summed E-state index contributed by atoms with van der Waals surface area (Å²) in [5.41, 5.74) is 1.18. The molecule has 0 saturated carbocycles. The third-order valence-corrected chi connectivity index (χ3v) is 1.95. The van der Waals surface area contributed by atoms with E-state index in [1.165, 1.54) is 12.5 Å². The molecule has 1 amide bonds. The van der Waals surface area contributed by atoms with Crippen molar-refractivity contribution in [2.75, 3.05) is 13.2 Å². The van der Waals surface area contributed by atoms with E-state index in [9.17, 15) is 4.79 Å². The summed E-state index contributed by atoms with van der Waals surface area (Å²) in [5.74, 6) is 0.0121. The third-order valence-electron chi connectivity index (χ3n) is 1.95. The molecule has 0 bridgehead atoms. The smallest absolute Gasteiger partial charge is 0.216 e. The van der Waals surface area contributed by atoms with Gasteiger partial charge in [-0.25, -0.2) is 0 Å². The predicted molar refractivity (Wildman–Crippen MR) is 59.4 cm³/mol. The molecule has 0 aliphatic heterocycles. The Balaban J connectivity index is 2.00. The normalized spacial score (nSPS) is 9.93. The Labute approximate surface area is 90.4 Å². The van der Waals surface area contributed by atoms with Gasteiger partial charge in [-0.05, 0) is 12.0 Å². The summed E-state index contributed by atoms with van der Waals surface area (Å²) in [5, 5.41) is 2.73. The quantitative estimate of drug-likeness (QED) is 0.721. The molecule has 0 atom stereocenters. The van der Waals surface area contributed by atoms with Gasteiger partial charge in [-0.2, -0.15) is 0 Å². The maximum atomic E-state index is 10.5. The zero-order chi connectivity index (χ0) is 10.9. The first kappa shape index (κ1) is 11.7. The zero-order valence-electron chi connectivity index (χ0n) is 9.03. The van der Waals surface area contributed by atoms with Crippen LogP contribution < -0.4 is 5.32 Å². The molecule has 1 aromatic carbocycles. The molecule has 0 unspecified atom stereocenters. The lowest BCUT2D eigenvalue weighted by Crippen LogP contribution is -2.21. The molecular weight excluding hydrogens is 190 g/mol. The minimum absolute atomic E-state index is 0.0121. The Kier molecular flexibility index (Phi) is 5.48. The molecule has 0 saturated heterocycles. The van der Waals surface area contributed by atoms with Gasteiger partial charge in [-0.1, -0.05) is 30.3 Å². The van der Waals surface area contributed by atoms with E-state index in [0.29, 0.717) is 19.8 Å². The van der Waals surface area contributed by atoms with Crippen molar-refractivity contribution in [1.82, 2.24) is 5.32 Å². The fourth-order valence-corrected chi connectivity index (χ4v) is 1.20. The van der Waals surface area contributed by atoms with E-state index < -0.39 is 0 Å². The first-order chi connectivity index (χ1) is 7.29. The molecule has 3 nitrogen and oxygen atoms in total. The minimum atomic E-state index is 0.0121. The largest absolute Gasteiger partial charge is 0.377 e. The summed E-state index contributed by atoms with van der Waals surface area (Å²) < 4.78 is 5.45. The van der Waals surface area contributed by atoms with Crippen LogP contribution in [0.4, 0.5) is 0 Å². The van der Waals surface area contributed by atoms with Crippen molar-refractivity contribution in [1.29, 1.82) is 0 Å². The van der Waals surface area contributed by atoms with Gasteiger partial charge in [-0.3, -0.25) is 4.79 Å². The summed E-state index contributed by atoms with van der Waals surface area (Å²) in [6.07, 6.45) is 0.854. The lowest BCUT2D eigenvalue weighted by atomic mass is 10.2. The van der Waals surface area contributed by atoms with E-state index in [1.807, 2.05) is 30.3 Å². The van der Waals surface area contributed by atoms with Crippen molar-refractivity contribution >= 4 is 5.91 Å². The van der Waals surface area contributed by atoms with Crippen LogP contribution in [0.15, 0.2) is 30.3 Å². The number of carbonyl (C=O) groups is 1. The number of carbonyl (C=O) groups excluding carboxylic acids is 1. The lowest BCUT2D eigenvalue weighted by Gasteiger charge is -2.04. The summed E-state index contributed by atoms with van der Waals surface area (Å²) in [7, 11) is 0. The summed E-state index contributed by atoms with van der Waals surface area (Å²) in [4.78, 5) is 10.5. The van der Waals surface area contributed by atoms with Crippen LogP contribution in [0.2, 0.25) is 0 Å². The van der Waals surface area contributed by atoms with Crippen molar-refractivity contribution in [2.24, 2.45) is 0 Å². The van der Waals surface area contributed by atoms with Crippen molar-refractivity contribution in [3.63, 3.8) is 0 Å². The maximum Gasteiger partial charge on any atom is 0.216 e. The average Bonchev–Trinajstić information content (AvgIpc) is 2.24. The Hall–Kier alpha value is -1.35. The third kappa shape index (κ3) is 5.86. The number of amides is 1. The van der Waals surface area contributed by atoms with Crippen LogP contribution >= 0.6 is 0 Å². The molecule has 0 fully saturated rings. The SMILES string of the molecule is CC(=O)NCCCOCc1ccccc1. The molecule has 0 aliphatic carbocycles. The van der Waals surface area contributed by atoms with Crippen molar-refractivity contribution < 1.29 is 9.53 Å². The number of nitrogens with one attached hydrogen (secondary N) is 1. The first-order valence-electron chi connectivity index (χ1n) is 5.15. The lowest BCUT2D eigenvalue weighted by molar-refractivity contribution is -0.119. The van der Waals surface area contributed by atoms with E-state index in [2.05, 4.69) is 5.32 Å². The fourth-order valence-electron chi connectivity index (χ4n) is 1.20. The Bertz CT molecular complexity index is 285. The number of benzene rings is 1. The number of hydrogen-bond donors (Lipinski definition) is 1. The van der Waals surface area contributed by atoms with Crippen molar-refractivity contribution in [3.05, 3.63) is 35.9 Å². The van der Waals surface area contributed by atoms with Gasteiger partial charge in [0.2, 0.25) is 5.91 Å². The van der Waals surface area contributed by atoms with Gasteiger partial charge in [0.1, 0.15) is 0 Å². The molecule has 0 spiro atoms. The molecule has 1 N–H and O–H groups in total. The van der Waals surface area contributed by atoms with E-state index in [4.69, 9.17) is 4.74 Å². The molecule has 0 radical (unpaired) electrons. The second-order valence-corrected chi connectivity index (χ2v) is 3.37. The van der Waals surface area contributed by atoms with Crippen molar-refractivity contribution in [3.8, 4) is 0 Å². The highest BCUT2D eigenvalue weighted by Gasteiger charge is 1.93. The van der Waals surface area contributed by atoms with E-state index in [0.717, 1.165) is 6.42 Å². The molecule has 15 heavy (non-hydrogen) atoms. The van der Waals surface area contributed by atoms with Gasteiger partial charge in [0, 0.05) is 20.1 Å². The second kappa shape index (κ2) is 7.01. The molecule has 82 valence electrons. The first-order valence-corrected chi connectivity index (χ1v) is 5.15. The van der Waals surface area contributed by atoms with E-state index in [1.54, 1.807) is 0 Å². The summed E-state index contributed by atoms with van der Waals surface area (Å²) in [6, 6.07) is 10.0. The maximum absolute atomic E-state index is 10.5. The van der Waals surface area contributed by atoms with Gasteiger partial charge in [0.05, 0.1) is 6.61 Å². The predicted octanol–water partition coefficient (Wildman–Crippen LogP) is 1.73. The van der Waals surface area contributed by atoms with Crippen LogP contribution in [0, 0.1) is 0 Å². The summed E-state index contributed by atoms with van der Waals surface area (Å²) in [6.45, 7) is 3.52. The van der Waals surface area contributed by atoms with Gasteiger partial charge in [-0.15, -0.1) is 0 Å². The second-order valence-electron chi connectivity index (χ2n) is 3.37. The van der Waals surface area contributed by atoms with Crippen LogP contribution in [0.1, 0.15) is 18.9 Å². The average molecular weight is 207 g/mol. The highest BCUT2D eigenvalue weighted by molar-refractivity contribution is 5.72. The van der Waals surface area contributed by atoms with Crippen molar-refractivity contribution in [2.45, 2.75) is 20.0 Å². The van der Waals surface area contributed by atoms with Crippen LogP contribution in [0.3, 0.4) is 0 Å². The number of ether oxygens (including phenoxy) is 1. The Morgan fingerprint density at radius 2 is 2.07 bits per heavy atom. The monoisotopic (exact) mass is 207 g/mol. The van der Waals surface area contributed by atoms with Crippen LogP contribution in [-0.2, 0) is 16.1 Å². The Morgan fingerprint density at radius 1 is 1.33 bits per heavy atom. The summed E-state index contributed by atoms with van der Waals surface area (Å²) >= 11 is 0. The van der Waals surface area contributed by atoms with Gasteiger partial charge < -0.3 is 10.1 Å². The zero-order valence-corrected chi connectivity index (χ0v) is 9.03. The molecule has 0 aromatic heterocycles. The van der Waals surface area contributed by atoms with Crippen LogP contribution in [0.25, 0.3) is 0 Å². The standard InChI is InChI=1S/C12H17NO2/c1-11(14)13-8-5-9-15-10-12-6-3-2-4-7-12/h2-4,6-7H,5,8-10H2,1H3,(H,13,14). The number of hydrogen-bond acceptors (Lipinski definition) is 2. The highest BCUT2D eigenvalue weighted by atomic mass is 16.5. The molecule has 0 heterocycles. The van der Waals surface area contributed by atoms with Crippen LogP contribution in [0.5, 0.6) is 0 Å². The topological polar surface area (TPSA) is 38.3 Å². The Morgan fingerprint density at radius 3 is 2.73 bits per heavy atom. The fraction of sp³-hybridized carbons (Fsp3) is 0.417. The van der Waals surface area contributed by atoms with Gasteiger partial charge in [0.15, 0.2) is 0 Å². The molecular formula is C12H17NO2. The van der Waals surface area contributed by atoms with Gasteiger partial charge >= 0.3 is 0 Å². The van der Waals surface area contributed by atoms with E-state index >= 15 is 0 Å². The molecule has 1 aromatic rings.